The minimum absolute atomic E-state index is 0.132. The normalized spacial score (nSPS) is 14.1. The summed E-state index contributed by atoms with van der Waals surface area (Å²) >= 11 is 6.23. The van der Waals surface area contributed by atoms with Crippen molar-refractivity contribution in [2.45, 2.75) is 13.5 Å². The number of benzene rings is 2. The van der Waals surface area contributed by atoms with Gasteiger partial charge in [-0.25, -0.2) is 4.52 Å². The molecule has 0 aliphatic carbocycles. The van der Waals surface area contributed by atoms with Gasteiger partial charge in [-0.2, -0.15) is 5.10 Å². The molecule has 174 valence electrons. The van der Waals surface area contributed by atoms with Crippen LogP contribution >= 0.6 is 11.6 Å². The van der Waals surface area contributed by atoms with Gasteiger partial charge in [0.1, 0.15) is 0 Å². The van der Waals surface area contributed by atoms with Crippen LogP contribution in [0.1, 0.15) is 21.9 Å². The Morgan fingerprint density at radius 3 is 2.50 bits per heavy atom. The molecule has 2 aromatic heterocycles. The van der Waals surface area contributed by atoms with E-state index in [1.807, 2.05) is 54.3 Å². The molecule has 1 aliphatic rings. The summed E-state index contributed by atoms with van der Waals surface area (Å²) in [5.41, 5.74) is 5.08. The maximum atomic E-state index is 13.4. The number of carbonyl (C=O) groups is 1. The number of ether oxygens (including phenoxy) is 1. The molecule has 1 aliphatic heterocycles. The molecule has 0 radical (unpaired) electrons. The number of methoxy groups -OCH3 is 1. The van der Waals surface area contributed by atoms with Crippen LogP contribution in [-0.2, 0) is 11.3 Å². The Labute approximate surface area is 202 Å². The number of anilines is 1. The summed E-state index contributed by atoms with van der Waals surface area (Å²) in [5, 5.41) is 14.1. The molecule has 34 heavy (non-hydrogen) atoms. The van der Waals surface area contributed by atoms with E-state index in [4.69, 9.17) is 21.4 Å². The van der Waals surface area contributed by atoms with Crippen molar-refractivity contribution < 1.29 is 9.53 Å². The molecule has 3 heterocycles. The van der Waals surface area contributed by atoms with Crippen LogP contribution in [0.25, 0.3) is 16.8 Å². The molecule has 0 N–H and O–H groups in total. The highest BCUT2D eigenvalue weighted by atomic mass is 35.5. The van der Waals surface area contributed by atoms with E-state index in [1.165, 1.54) is 5.69 Å². The molecule has 0 spiro atoms. The standard InChI is InChI=1S/C25H25ClN6O2/c1-17-23(25(33)31-13-11-30(12-14-31)20-9-4-3-5-10-20)27-28-24-22(18-7-6-8-19(26)15-18)21(16-34-2)29-32(17)24/h3-10,15H,11-14,16H2,1-2H3. The van der Waals surface area contributed by atoms with Crippen LogP contribution in [-0.4, -0.2) is 63.9 Å². The second-order valence-electron chi connectivity index (χ2n) is 8.25. The minimum atomic E-state index is -0.132. The van der Waals surface area contributed by atoms with Crippen LogP contribution in [0.2, 0.25) is 5.02 Å². The number of rotatable bonds is 5. The van der Waals surface area contributed by atoms with Crippen molar-refractivity contribution in [1.82, 2.24) is 24.7 Å². The number of amides is 1. The zero-order valence-electron chi connectivity index (χ0n) is 19.1. The number of fused-ring (bicyclic) bond motifs is 1. The quantitative estimate of drug-likeness (QED) is 0.435. The highest BCUT2D eigenvalue weighted by molar-refractivity contribution is 6.30. The van der Waals surface area contributed by atoms with E-state index in [-0.39, 0.29) is 5.91 Å². The Bertz CT molecular complexity index is 1330. The van der Waals surface area contributed by atoms with Crippen molar-refractivity contribution in [3.05, 3.63) is 76.7 Å². The van der Waals surface area contributed by atoms with Crippen molar-refractivity contribution in [1.29, 1.82) is 0 Å². The molecular weight excluding hydrogens is 452 g/mol. The summed E-state index contributed by atoms with van der Waals surface area (Å²) in [6.07, 6.45) is 0. The number of carbonyl (C=O) groups excluding carboxylic acids is 1. The van der Waals surface area contributed by atoms with Gasteiger partial charge in [0, 0.05) is 44.0 Å². The van der Waals surface area contributed by atoms with E-state index in [1.54, 1.807) is 11.6 Å². The van der Waals surface area contributed by atoms with E-state index in [2.05, 4.69) is 27.2 Å². The Morgan fingerprint density at radius 1 is 1.03 bits per heavy atom. The Hall–Kier alpha value is -3.49. The van der Waals surface area contributed by atoms with Crippen LogP contribution in [0.5, 0.6) is 0 Å². The molecular formula is C25H25ClN6O2. The van der Waals surface area contributed by atoms with E-state index < -0.39 is 0 Å². The number of hydrogen-bond donors (Lipinski definition) is 0. The molecule has 2 aromatic carbocycles. The average molecular weight is 477 g/mol. The first-order valence-corrected chi connectivity index (χ1v) is 11.5. The van der Waals surface area contributed by atoms with E-state index in [0.717, 1.165) is 24.2 Å². The highest BCUT2D eigenvalue weighted by Gasteiger charge is 2.27. The van der Waals surface area contributed by atoms with Gasteiger partial charge in [0.05, 0.1) is 23.6 Å². The molecule has 0 atom stereocenters. The number of hydrogen-bond acceptors (Lipinski definition) is 6. The van der Waals surface area contributed by atoms with E-state index in [9.17, 15) is 4.79 Å². The monoisotopic (exact) mass is 476 g/mol. The number of para-hydroxylation sites is 1. The fraction of sp³-hybridized carbons (Fsp3) is 0.280. The summed E-state index contributed by atoms with van der Waals surface area (Å²) in [4.78, 5) is 17.5. The lowest BCUT2D eigenvalue weighted by molar-refractivity contribution is 0.0738. The molecule has 0 bridgehead atoms. The second kappa shape index (κ2) is 9.40. The molecule has 1 amide bonds. The zero-order chi connectivity index (χ0) is 23.7. The number of aryl methyl sites for hydroxylation is 1. The summed E-state index contributed by atoms with van der Waals surface area (Å²) in [7, 11) is 1.62. The predicted octanol–water partition coefficient (Wildman–Crippen LogP) is 3.86. The van der Waals surface area contributed by atoms with Crippen molar-refractivity contribution in [2.75, 3.05) is 38.2 Å². The smallest absolute Gasteiger partial charge is 0.276 e. The molecule has 9 heteroatoms. The third kappa shape index (κ3) is 4.10. The first kappa shape index (κ1) is 22.3. The van der Waals surface area contributed by atoms with Gasteiger partial charge in [-0.3, -0.25) is 4.79 Å². The zero-order valence-corrected chi connectivity index (χ0v) is 19.9. The largest absolute Gasteiger partial charge is 0.378 e. The number of halogens is 1. The number of nitrogens with zero attached hydrogens (tertiary/aromatic N) is 6. The lowest BCUT2D eigenvalue weighted by Gasteiger charge is -2.36. The van der Waals surface area contributed by atoms with Gasteiger partial charge in [-0.05, 0) is 36.8 Å². The Morgan fingerprint density at radius 2 is 1.79 bits per heavy atom. The van der Waals surface area contributed by atoms with Crippen LogP contribution in [0.4, 0.5) is 5.69 Å². The lowest BCUT2D eigenvalue weighted by Crippen LogP contribution is -2.49. The summed E-state index contributed by atoms with van der Waals surface area (Å²) in [5.74, 6) is -0.132. The maximum absolute atomic E-state index is 13.4. The first-order chi connectivity index (χ1) is 16.6. The van der Waals surface area contributed by atoms with Crippen LogP contribution in [0, 0.1) is 6.92 Å². The van der Waals surface area contributed by atoms with E-state index >= 15 is 0 Å². The SMILES string of the molecule is COCc1nn2c(C)c(C(=O)N3CCN(c4ccccc4)CC3)nnc2c1-c1cccc(Cl)c1. The number of piperazine rings is 1. The third-order valence-electron chi connectivity index (χ3n) is 6.12. The topological polar surface area (TPSA) is 75.9 Å². The first-order valence-electron chi connectivity index (χ1n) is 11.2. The second-order valence-corrected chi connectivity index (χ2v) is 8.69. The van der Waals surface area contributed by atoms with Gasteiger partial charge in [-0.15, -0.1) is 10.2 Å². The van der Waals surface area contributed by atoms with Gasteiger partial charge in [0.25, 0.3) is 5.91 Å². The van der Waals surface area contributed by atoms with Crippen molar-refractivity contribution in [3.8, 4) is 11.1 Å². The van der Waals surface area contributed by atoms with E-state index in [0.29, 0.717) is 47.4 Å². The molecule has 0 saturated carbocycles. The number of aromatic nitrogens is 4. The fourth-order valence-corrected chi connectivity index (χ4v) is 4.57. The van der Waals surface area contributed by atoms with Gasteiger partial charge in [0.2, 0.25) is 0 Å². The average Bonchev–Trinajstić information content (AvgIpc) is 3.24. The molecule has 8 nitrogen and oxygen atoms in total. The summed E-state index contributed by atoms with van der Waals surface area (Å²) in [6.45, 7) is 4.92. The lowest BCUT2D eigenvalue weighted by atomic mass is 10.1. The Kier molecular flexibility index (Phi) is 6.17. The van der Waals surface area contributed by atoms with Crippen molar-refractivity contribution in [3.63, 3.8) is 0 Å². The highest BCUT2D eigenvalue weighted by Crippen LogP contribution is 2.30. The molecule has 1 saturated heterocycles. The van der Waals surface area contributed by atoms with Crippen LogP contribution < -0.4 is 4.90 Å². The van der Waals surface area contributed by atoms with Crippen LogP contribution in [0.3, 0.4) is 0 Å². The van der Waals surface area contributed by atoms with Gasteiger partial charge >= 0.3 is 0 Å². The maximum Gasteiger partial charge on any atom is 0.276 e. The van der Waals surface area contributed by atoms with Crippen molar-refractivity contribution in [2.24, 2.45) is 0 Å². The van der Waals surface area contributed by atoms with Gasteiger partial charge in [-0.1, -0.05) is 41.9 Å². The summed E-state index contributed by atoms with van der Waals surface area (Å²) < 4.78 is 7.06. The van der Waals surface area contributed by atoms with Gasteiger partial charge < -0.3 is 14.5 Å². The van der Waals surface area contributed by atoms with Gasteiger partial charge in [0.15, 0.2) is 11.3 Å². The van der Waals surface area contributed by atoms with Crippen LogP contribution in [0.15, 0.2) is 54.6 Å². The minimum Gasteiger partial charge on any atom is -0.378 e. The summed E-state index contributed by atoms with van der Waals surface area (Å²) in [6, 6.07) is 17.8. The fourth-order valence-electron chi connectivity index (χ4n) is 4.38. The molecule has 0 unspecified atom stereocenters. The Balaban J connectivity index is 1.45. The van der Waals surface area contributed by atoms with Crippen molar-refractivity contribution >= 4 is 28.8 Å². The predicted molar refractivity (Wildman–Crippen MR) is 131 cm³/mol. The third-order valence-corrected chi connectivity index (χ3v) is 6.36. The molecule has 1 fully saturated rings. The molecule has 4 aromatic rings. The molecule has 5 rings (SSSR count).